The number of ether oxygens (including phenoxy) is 1. The molecule has 0 radical (unpaired) electrons. The summed E-state index contributed by atoms with van der Waals surface area (Å²) in [6, 6.07) is 0.425. The van der Waals surface area contributed by atoms with Crippen LogP contribution in [-0.2, 0) is 9.53 Å². The molecule has 0 unspecified atom stereocenters. The van der Waals surface area contributed by atoms with Gasteiger partial charge in [0.05, 0.1) is 19.1 Å². The largest absolute Gasteiger partial charge is 0.380 e. The van der Waals surface area contributed by atoms with Crippen LogP contribution in [0, 0.1) is 5.92 Å². The maximum absolute atomic E-state index is 11.5. The van der Waals surface area contributed by atoms with E-state index in [1.165, 1.54) is 11.5 Å². The quantitative estimate of drug-likeness (QED) is 0.712. The van der Waals surface area contributed by atoms with Crippen molar-refractivity contribution in [2.75, 3.05) is 24.7 Å². The third kappa shape index (κ3) is 2.38. The molecule has 1 N–H and O–H groups in total. The van der Waals surface area contributed by atoms with Gasteiger partial charge in [-0.1, -0.05) is 0 Å². The van der Waals surface area contributed by atoms with E-state index in [2.05, 4.69) is 5.32 Å². The fourth-order valence-corrected chi connectivity index (χ4v) is 2.65. The van der Waals surface area contributed by atoms with Crippen molar-refractivity contribution in [3.63, 3.8) is 0 Å². The maximum atomic E-state index is 11.5. The molecule has 2 saturated heterocycles. The van der Waals surface area contributed by atoms with Crippen molar-refractivity contribution >= 4 is 17.7 Å². The SMILES string of the molecule is O=C(NC1CCSCC1)C1COC1. The number of hydrogen-bond donors (Lipinski definition) is 1. The van der Waals surface area contributed by atoms with Crippen LogP contribution in [0.25, 0.3) is 0 Å². The van der Waals surface area contributed by atoms with Gasteiger partial charge in [0.1, 0.15) is 0 Å². The standard InChI is InChI=1S/C9H15NO2S/c11-9(7-5-12-6-7)10-8-1-3-13-4-2-8/h7-8H,1-6H2,(H,10,11). The van der Waals surface area contributed by atoms with Gasteiger partial charge in [-0.3, -0.25) is 4.79 Å². The van der Waals surface area contributed by atoms with Crippen molar-refractivity contribution in [1.29, 1.82) is 0 Å². The highest BCUT2D eigenvalue weighted by atomic mass is 32.2. The van der Waals surface area contributed by atoms with Gasteiger partial charge in [-0.05, 0) is 24.3 Å². The fourth-order valence-electron chi connectivity index (χ4n) is 1.55. The Morgan fingerprint density at radius 1 is 1.31 bits per heavy atom. The lowest BCUT2D eigenvalue weighted by Crippen LogP contribution is -2.47. The first-order chi connectivity index (χ1) is 6.36. The van der Waals surface area contributed by atoms with Gasteiger partial charge in [0.15, 0.2) is 0 Å². The van der Waals surface area contributed by atoms with E-state index < -0.39 is 0 Å². The first-order valence-corrected chi connectivity index (χ1v) is 5.97. The molecule has 0 aliphatic carbocycles. The Morgan fingerprint density at radius 2 is 2.00 bits per heavy atom. The smallest absolute Gasteiger partial charge is 0.228 e. The molecule has 0 saturated carbocycles. The van der Waals surface area contributed by atoms with Crippen LogP contribution in [0.3, 0.4) is 0 Å². The van der Waals surface area contributed by atoms with E-state index in [-0.39, 0.29) is 11.8 Å². The molecule has 0 spiro atoms. The zero-order valence-electron chi connectivity index (χ0n) is 7.62. The molecule has 0 aromatic heterocycles. The summed E-state index contributed by atoms with van der Waals surface area (Å²) in [5.41, 5.74) is 0. The number of carbonyl (C=O) groups is 1. The van der Waals surface area contributed by atoms with Crippen LogP contribution in [0.15, 0.2) is 0 Å². The lowest BCUT2D eigenvalue weighted by Gasteiger charge is -2.29. The van der Waals surface area contributed by atoms with Crippen molar-refractivity contribution in [2.24, 2.45) is 5.92 Å². The molecule has 2 aliphatic heterocycles. The highest BCUT2D eigenvalue weighted by Crippen LogP contribution is 2.18. The first kappa shape index (κ1) is 9.34. The Kier molecular flexibility index (Phi) is 3.11. The van der Waals surface area contributed by atoms with Crippen molar-refractivity contribution < 1.29 is 9.53 Å². The molecular weight excluding hydrogens is 186 g/mol. The lowest BCUT2D eigenvalue weighted by molar-refractivity contribution is -0.139. The minimum absolute atomic E-state index is 0.134. The summed E-state index contributed by atoms with van der Waals surface area (Å²) in [6.45, 7) is 1.24. The van der Waals surface area contributed by atoms with Gasteiger partial charge in [0.25, 0.3) is 0 Å². The summed E-state index contributed by atoms with van der Waals surface area (Å²) in [6.07, 6.45) is 2.26. The van der Waals surface area contributed by atoms with Crippen molar-refractivity contribution in [3.8, 4) is 0 Å². The van der Waals surface area contributed by atoms with E-state index in [1.54, 1.807) is 0 Å². The molecule has 2 rings (SSSR count). The van der Waals surface area contributed by atoms with E-state index in [9.17, 15) is 4.79 Å². The molecule has 13 heavy (non-hydrogen) atoms. The number of rotatable bonds is 2. The van der Waals surface area contributed by atoms with Crippen molar-refractivity contribution in [3.05, 3.63) is 0 Å². The number of amides is 1. The monoisotopic (exact) mass is 201 g/mol. The second-order valence-electron chi connectivity index (χ2n) is 3.63. The Bertz CT molecular complexity index is 188. The molecule has 4 heteroatoms. The van der Waals surface area contributed by atoms with Crippen molar-refractivity contribution in [1.82, 2.24) is 5.32 Å². The van der Waals surface area contributed by atoms with Gasteiger partial charge in [0, 0.05) is 6.04 Å². The van der Waals surface area contributed by atoms with Crippen LogP contribution >= 0.6 is 11.8 Å². The zero-order valence-corrected chi connectivity index (χ0v) is 8.44. The molecule has 2 heterocycles. The Hall–Kier alpha value is -0.220. The molecule has 0 atom stereocenters. The Labute approximate surface area is 82.6 Å². The minimum atomic E-state index is 0.134. The molecule has 1 amide bonds. The van der Waals surface area contributed by atoms with Gasteiger partial charge >= 0.3 is 0 Å². The Balaban J connectivity index is 1.72. The van der Waals surface area contributed by atoms with E-state index in [0.717, 1.165) is 12.8 Å². The average molecular weight is 201 g/mol. The topological polar surface area (TPSA) is 38.3 Å². The second-order valence-corrected chi connectivity index (χ2v) is 4.85. The third-order valence-corrected chi connectivity index (χ3v) is 3.63. The summed E-state index contributed by atoms with van der Waals surface area (Å²) in [5, 5.41) is 3.09. The summed E-state index contributed by atoms with van der Waals surface area (Å²) in [7, 11) is 0. The summed E-state index contributed by atoms with van der Waals surface area (Å²) >= 11 is 1.98. The third-order valence-electron chi connectivity index (χ3n) is 2.58. The molecule has 2 fully saturated rings. The maximum Gasteiger partial charge on any atom is 0.228 e. The first-order valence-electron chi connectivity index (χ1n) is 4.82. The van der Waals surface area contributed by atoms with E-state index in [1.807, 2.05) is 11.8 Å². The predicted octanol–water partition coefficient (Wildman–Crippen LogP) is 0.645. The molecule has 2 aliphatic rings. The van der Waals surface area contributed by atoms with Crippen molar-refractivity contribution in [2.45, 2.75) is 18.9 Å². The van der Waals surface area contributed by atoms with Crippen LogP contribution in [0.1, 0.15) is 12.8 Å². The number of thioether (sulfide) groups is 1. The highest BCUT2D eigenvalue weighted by molar-refractivity contribution is 7.99. The van der Waals surface area contributed by atoms with Gasteiger partial charge in [-0.2, -0.15) is 11.8 Å². The zero-order chi connectivity index (χ0) is 9.10. The van der Waals surface area contributed by atoms with E-state index >= 15 is 0 Å². The van der Waals surface area contributed by atoms with Gasteiger partial charge in [-0.15, -0.1) is 0 Å². The number of carbonyl (C=O) groups excluding carboxylic acids is 1. The number of hydrogen-bond acceptors (Lipinski definition) is 3. The van der Waals surface area contributed by atoms with E-state index in [4.69, 9.17) is 4.74 Å². The van der Waals surface area contributed by atoms with E-state index in [0.29, 0.717) is 19.3 Å². The lowest BCUT2D eigenvalue weighted by atomic mass is 10.1. The van der Waals surface area contributed by atoms with Crippen LogP contribution in [0.4, 0.5) is 0 Å². The minimum Gasteiger partial charge on any atom is -0.380 e. The molecule has 74 valence electrons. The van der Waals surface area contributed by atoms with Crippen LogP contribution in [0.5, 0.6) is 0 Å². The Morgan fingerprint density at radius 3 is 2.54 bits per heavy atom. The molecule has 0 aromatic rings. The highest BCUT2D eigenvalue weighted by Gasteiger charge is 2.28. The average Bonchev–Trinajstić information content (AvgIpc) is 2.02. The van der Waals surface area contributed by atoms with Gasteiger partial charge in [0.2, 0.25) is 5.91 Å². The summed E-state index contributed by atoms with van der Waals surface area (Å²) in [4.78, 5) is 11.5. The molecule has 0 bridgehead atoms. The van der Waals surface area contributed by atoms with Gasteiger partial charge < -0.3 is 10.1 Å². The number of nitrogens with one attached hydrogen (secondary N) is 1. The molecule has 3 nitrogen and oxygen atoms in total. The van der Waals surface area contributed by atoms with Gasteiger partial charge in [-0.25, -0.2) is 0 Å². The summed E-state index contributed by atoms with van der Waals surface area (Å²) < 4.78 is 4.98. The fraction of sp³-hybridized carbons (Fsp3) is 0.889. The van der Waals surface area contributed by atoms with Crippen LogP contribution in [0.2, 0.25) is 0 Å². The second kappa shape index (κ2) is 4.33. The molecule has 0 aromatic carbocycles. The normalized spacial score (nSPS) is 25.2. The summed E-state index contributed by atoms with van der Waals surface area (Å²) in [5.74, 6) is 2.70. The molecular formula is C9H15NO2S. The predicted molar refractivity (Wildman–Crippen MR) is 52.8 cm³/mol. The van der Waals surface area contributed by atoms with Crippen LogP contribution < -0.4 is 5.32 Å². The van der Waals surface area contributed by atoms with Crippen LogP contribution in [-0.4, -0.2) is 36.7 Å².